The van der Waals surface area contributed by atoms with E-state index in [1.54, 1.807) is 5.32 Å². The molecule has 182 valence electrons. The van der Waals surface area contributed by atoms with Crippen molar-refractivity contribution in [2.75, 3.05) is 6.61 Å². The van der Waals surface area contributed by atoms with Gasteiger partial charge in [-0.05, 0) is 35.1 Å². The van der Waals surface area contributed by atoms with Gasteiger partial charge in [-0.3, -0.25) is 9.59 Å². The zero-order chi connectivity index (χ0) is 24.9. The first kappa shape index (κ1) is 25.1. The summed E-state index contributed by atoms with van der Waals surface area (Å²) in [7, 11) is 0. The van der Waals surface area contributed by atoms with E-state index in [9.17, 15) is 27.6 Å². The van der Waals surface area contributed by atoms with Gasteiger partial charge in [0, 0.05) is 12.3 Å². The molecule has 0 heterocycles. The Balaban J connectivity index is 1.61. The van der Waals surface area contributed by atoms with Gasteiger partial charge in [0.05, 0.1) is 0 Å². The fourth-order valence-electron chi connectivity index (χ4n) is 3.99. The van der Waals surface area contributed by atoms with Crippen LogP contribution >= 0.6 is 0 Å². The third-order valence-electron chi connectivity index (χ3n) is 5.72. The molecule has 0 spiro atoms. The Kier molecular flexibility index (Phi) is 7.80. The molecule has 7 nitrogen and oxygen atoms in total. The second-order valence-electron chi connectivity index (χ2n) is 7.97. The number of carboxylic acid groups (broad SMARTS) is 1. The molecule has 2 amide bonds. The fraction of sp³-hybridized carbons (Fsp3) is 0.375. The minimum atomic E-state index is -4.83. The number of alkyl carbamates (subject to hydrolysis) is 1. The number of hydrogen-bond donors (Lipinski definition) is 3. The minimum Gasteiger partial charge on any atom is -0.481 e. The van der Waals surface area contributed by atoms with E-state index in [0.29, 0.717) is 0 Å². The van der Waals surface area contributed by atoms with Crippen LogP contribution in [0.1, 0.15) is 43.2 Å². The summed E-state index contributed by atoms with van der Waals surface area (Å²) < 4.78 is 44.9. The van der Waals surface area contributed by atoms with Crippen molar-refractivity contribution in [1.29, 1.82) is 0 Å². The molecule has 0 saturated carbocycles. The van der Waals surface area contributed by atoms with E-state index in [1.807, 2.05) is 48.5 Å². The highest BCUT2D eigenvalue weighted by atomic mass is 19.4. The van der Waals surface area contributed by atoms with Crippen molar-refractivity contribution in [2.24, 2.45) is 0 Å². The first-order valence-electron chi connectivity index (χ1n) is 10.8. The topological polar surface area (TPSA) is 105 Å². The number of carbonyl (C=O) groups excluding carboxylic acids is 2. The molecule has 1 aliphatic carbocycles. The number of carboxylic acids is 1. The largest absolute Gasteiger partial charge is 0.481 e. The zero-order valence-corrected chi connectivity index (χ0v) is 18.4. The average Bonchev–Trinajstić information content (AvgIpc) is 3.11. The number of nitrogens with one attached hydrogen (secondary N) is 2. The van der Waals surface area contributed by atoms with Crippen LogP contribution in [-0.2, 0) is 14.3 Å². The Bertz CT molecular complexity index is 1010. The molecular formula is C24H25F3N2O5. The molecule has 2 atom stereocenters. The lowest BCUT2D eigenvalue weighted by atomic mass is 9.98. The normalized spacial score (nSPS) is 14.5. The molecule has 0 fully saturated rings. The first-order chi connectivity index (χ1) is 16.1. The number of fused-ring (bicyclic) bond motifs is 3. The molecular weight excluding hydrogens is 453 g/mol. The molecule has 0 radical (unpaired) electrons. The second kappa shape index (κ2) is 10.6. The van der Waals surface area contributed by atoms with E-state index < -0.39 is 49.1 Å². The maximum absolute atomic E-state index is 13.2. The highest BCUT2D eigenvalue weighted by molar-refractivity contribution is 5.86. The van der Waals surface area contributed by atoms with Gasteiger partial charge in [-0.2, -0.15) is 13.2 Å². The van der Waals surface area contributed by atoms with Gasteiger partial charge in [0.15, 0.2) is 0 Å². The van der Waals surface area contributed by atoms with Crippen LogP contribution in [0, 0.1) is 0 Å². The molecule has 0 bridgehead atoms. The molecule has 2 aromatic carbocycles. The second-order valence-corrected chi connectivity index (χ2v) is 7.97. The van der Waals surface area contributed by atoms with E-state index in [-0.39, 0.29) is 18.9 Å². The average molecular weight is 478 g/mol. The Morgan fingerprint density at radius 3 is 2.06 bits per heavy atom. The van der Waals surface area contributed by atoms with E-state index in [2.05, 4.69) is 5.32 Å². The summed E-state index contributed by atoms with van der Waals surface area (Å²) in [6.45, 7) is 1.51. The SMILES string of the molecule is CC[C@H](NC(=O)OCC1c2ccccc2-c2ccccc21)C(=O)N[C@@H](CCC(=O)O)C(F)(F)F. The number of aliphatic carboxylic acids is 1. The van der Waals surface area contributed by atoms with Crippen molar-refractivity contribution in [3.05, 3.63) is 59.7 Å². The Morgan fingerprint density at radius 1 is 1.00 bits per heavy atom. The minimum absolute atomic E-state index is 0.0122. The molecule has 0 aromatic heterocycles. The van der Waals surface area contributed by atoms with Crippen molar-refractivity contribution < 1.29 is 37.4 Å². The van der Waals surface area contributed by atoms with Gasteiger partial charge >= 0.3 is 18.2 Å². The molecule has 10 heteroatoms. The number of benzene rings is 2. The van der Waals surface area contributed by atoms with Crippen LogP contribution in [0.3, 0.4) is 0 Å². The highest BCUT2D eigenvalue weighted by Gasteiger charge is 2.41. The van der Waals surface area contributed by atoms with Gasteiger partial charge < -0.3 is 20.5 Å². The van der Waals surface area contributed by atoms with Crippen molar-refractivity contribution in [1.82, 2.24) is 10.6 Å². The van der Waals surface area contributed by atoms with E-state index in [1.165, 1.54) is 6.92 Å². The molecule has 3 rings (SSSR count). The number of carbonyl (C=O) groups is 3. The van der Waals surface area contributed by atoms with Gasteiger partial charge in [-0.1, -0.05) is 55.5 Å². The highest BCUT2D eigenvalue weighted by Crippen LogP contribution is 2.44. The number of ether oxygens (including phenoxy) is 1. The molecule has 2 aromatic rings. The summed E-state index contributed by atoms with van der Waals surface area (Å²) in [5.74, 6) is -2.69. The fourth-order valence-corrected chi connectivity index (χ4v) is 3.99. The van der Waals surface area contributed by atoms with Crippen LogP contribution in [0.2, 0.25) is 0 Å². The van der Waals surface area contributed by atoms with E-state index >= 15 is 0 Å². The maximum Gasteiger partial charge on any atom is 0.408 e. The molecule has 0 saturated heterocycles. The van der Waals surface area contributed by atoms with Crippen molar-refractivity contribution in [3.8, 4) is 11.1 Å². The van der Waals surface area contributed by atoms with E-state index in [4.69, 9.17) is 9.84 Å². The molecule has 0 unspecified atom stereocenters. The predicted molar refractivity (Wildman–Crippen MR) is 117 cm³/mol. The van der Waals surface area contributed by atoms with Crippen LogP contribution in [0.15, 0.2) is 48.5 Å². The molecule has 1 aliphatic rings. The summed E-state index contributed by atoms with van der Waals surface area (Å²) >= 11 is 0. The lowest BCUT2D eigenvalue weighted by molar-refractivity contribution is -0.165. The van der Waals surface area contributed by atoms with Crippen molar-refractivity contribution in [3.63, 3.8) is 0 Å². The summed E-state index contributed by atoms with van der Waals surface area (Å²) in [6.07, 6.45) is -7.32. The van der Waals surface area contributed by atoms with Crippen molar-refractivity contribution in [2.45, 2.75) is 50.4 Å². The first-order valence-corrected chi connectivity index (χ1v) is 10.8. The summed E-state index contributed by atoms with van der Waals surface area (Å²) in [4.78, 5) is 35.4. The predicted octanol–water partition coefficient (Wildman–Crippen LogP) is 4.22. The summed E-state index contributed by atoms with van der Waals surface area (Å²) in [6, 6.07) is 11.8. The Hall–Kier alpha value is -3.56. The van der Waals surface area contributed by atoms with Crippen LogP contribution in [0.25, 0.3) is 11.1 Å². The van der Waals surface area contributed by atoms with Gasteiger partial charge in [0.1, 0.15) is 18.7 Å². The number of amides is 2. The number of rotatable bonds is 9. The van der Waals surface area contributed by atoms with Gasteiger partial charge in [0.25, 0.3) is 0 Å². The maximum atomic E-state index is 13.2. The Morgan fingerprint density at radius 2 is 1.56 bits per heavy atom. The lowest BCUT2D eigenvalue weighted by Crippen LogP contribution is -2.53. The lowest BCUT2D eigenvalue weighted by Gasteiger charge is -2.24. The van der Waals surface area contributed by atoms with Crippen molar-refractivity contribution >= 4 is 18.0 Å². The summed E-state index contributed by atoms with van der Waals surface area (Å²) in [5.41, 5.74) is 4.07. The molecule has 3 N–H and O–H groups in total. The quantitative estimate of drug-likeness (QED) is 0.501. The standard InChI is InChI=1S/C24H25F3N2O5/c1-2-19(22(32)29-20(24(25,26)27)11-12-21(30)31)28-23(33)34-13-18-16-9-5-3-7-14(16)15-8-4-6-10-17(15)18/h3-10,18-20H,2,11-13H2,1H3,(H,28,33)(H,29,32)(H,30,31)/t19-,20-/m0/s1. The number of hydrogen-bond acceptors (Lipinski definition) is 4. The van der Waals surface area contributed by atoms with Gasteiger partial charge in [-0.25, -0.2) is 4.79 Å². The number of alkyl halides is 3. The third kappa shape index (κ3) is 5.86. The molecule has 34 heavy (non-hydrogen) atoms. The van der Waals surface area contributed by atoms with Crippen LogP contribution in [0.4, 0.5) is 18.0 Å². The van der Waals surface area contributed by atoms with Gasteiger partial charge in [-0.15, -0.1) is 0 Å². The number of halogens is 3. The van der Waals surface area contributed by atoms with Crippen LogP contribution in [0.5, 0.6) is 0 Å². The zero-order valence-electron chi connectivity index (χ0n) is 18.4. The smallest absolute Gasteiger partial charge is 0.408 e. The monoisotopic (exact) mass is 478 g/mol. The molecule has 0 aliphatic heterocycles. The van der Waals surface area contributed by atoms with E-state index in [0.717, 1.165) is 22.3 Å². The third-order valence-corrected chi connectivity index (χ3v) is 5.72. The van der Waals surface area contributed by atoms with Gasteiger partial charge in [0.2, 0.25) is 5.91 Å². The summed E-state index contributed by atoms with van der Waals surface area (Å²) in [5, 5.41) is 12.8. The van der Waals surface area contributed by atoms with Crippen LogP contribution in [-0.4, -0.2) is 47.9 Å². The Labute approximate surface area is 194 Å². The van der Waals surface area contributed by atoms with Crippen LogP contribution < -0.4 is 10.6 Å².